The predicted octanol–water partition coefficient (Wildman–Crippen LogP) is 4.41. The van der Waals surface area contributed by atoms with E-state index in [0.29, 0.717) is 12.1 Å². The van der Waals surface area contributed by atoms with Crippen molar-refractivity contribution in [2.24, 2.45) is 5.92 Å². The van der Waals surface area contributed by atoms with E-state index in [0.717, 1.165) is 16.0 Å². The number of aryl methyl sites for hydroxylation is 1. The summed E-state index contributed by atoms with van der Waals surface area (Å²) in [5, 5.41) is 12.0. The van der Waals surface area contributed by atoms with Crippen LogP contribution in [0.5, 0.6) is 0 Å². The summed E-state index contributed by atoms with van der Waals surface area (Å²) in [6, 6.07) is 9.59. The van der Waals surface area contributed by atoms with Crippen LogP contribution in [0, 0.1) is 12.8 Å². The average Bonchev–Trinajstić information content (AvgIpc) is 2.82. The van der Waals surface area contributed by atoms with Gasteiger partial charge in [-0.15, -0.1) is 11.3 Å². The van der Waals surface area contributed by atoms with Gasteiger partial charge < -0.3 is 10.4 Å². The zero-order valence-electron chi connectivity index (χ0n) is 12.8. The highest BCUT2D eigenvalue weighted by Crippen LogP contribution is 2.35. The summed E-state index contributed by atoms with van der Waals surface area (Å²) in [5.74, 6) is -0.961. The number of hydrogen-bond acceptors (Lipinski definition) is 3. The third-order valence-electron chi connectivity index (χ3n) is 3.13. The molecule has 0 aliphatic heterocycles. The van der Waals surface area contributed by atoms with Crippen molar-refractivity contribution in [1.82, 2.24) is 0 Å². The van der Waals surface area contributed by atoms with Crippen molar-refractivity contribution < 1.29 is 14.7 Å². The molecule has 1 amide bonds. The van der Waals surface area contributed by atoms with E-state index >= 15 is 0 Å². The van der Waals surface area contributed by atoms with Crippen LogP contribution >= 0.6 is 11.3 Å². The van der Waals surface area contributed by atoms with Crippen molar-refractivity contribution in [3.63, 3.8) is 0 Å². The number of aromatic carboxylic acids is 1. The Morgan fingerprint density at radius 2 is 1.86 bits per heavy atom. The molecule has 116 valence electrons. The van der Waals surface area contributed by atoms with E-state index < -0.39 is 5.97 Å². The first kappa shape index (κ1) is 16.2. The Kier molecular flexibility index (Phi) is 4.98. The van der Waals surface area contributed by atoms with Crippen LogP contribution in [0.4, 0.5) is 5.69 Å². The summed E-state index contributed by atoms with van der Waals surface area (Å²) in [4.78, 5) is 24.3. The fourth-order valence-electron chi connectivity index (χ4n) is 2.07. The third-order valence-corrected chi connectivity index (χ3v) is 4.30. The van der Waals surface area contributed by atoms with Crippen LogP contribution in [-0.4, -0.2) is 17.0 Å². The van der Waals surface area contributed by atoms with Gasteiger partial charge in [0, 0.05) is 11.3 Å². The number of benzene rings is 1. The lowest BCUT2D eigenvalue weighted by Crippen LogP contribution is -2.15. The molecule has 1 aromatic heterocycles. The Morgan fingerprint density at radius 1 is 1.23 bits per heavy atom. The summed E-state index contributed by atoms with van der Waals surface area (Å²) < 4.78 is 0. The minimum Gasteiger partial charge on any atom is -0.477 e. The Bertz CT molecular complexity index is 686. The van der Waals surface area contributed by atoms with Crippen molar-refractivity contribution >= 4 is 28.9 Å². The van der Waals surface area contributed by atoms with E-state index in [2.05, 4.69) is 5.32 Å². The largest absolute Gasteiger partial charge is 0.477 e. The van der Waals surface area contributed by atoms with Gasteiger partial charge in [-0.1, -0.05) is 43.7 Å². The highest BCUT2D eigenvalue weighted by Gasteiger charge is 2.18. The Hall–Kier alpha value is -2.14. The van der Waals surface area contributed by atoms with Crippen LogP contribution in [-0.2, 0) is 4.79 Å². The smallest absolute Gasteiger partial charge is 0.348 e. The van der Waals surface area contributed by atoms with Crippen LogP contribution in [0.15, 0.2) is 30.3 Å². The van der Waals surface area contributed by atoms with Gasteiger partial charge in [-0.05, 0) is 24.5 Å². The second-order valence-electron chi connectivity index (χ2n) is 5.67. The van der Waals surface area contributed by atoms with Gasteiger partial charge >= 0.3 is 5.97 Å². The standard InChI is InChI=1S/C17H19NO3S/c1-10(2)8-15(19)18-13-9-14(22-16(13)17(20)21)12-6-4-11(3)5-7-12/h4-7,9-10H,8H2,1-3H3,(H,18,19)(H,20,21). The Labute approximate surface area is 133 Å². The van der Waals surface area contributed by atoms with Gasteiger partial charge in [0.05, 0.1) is 5.69 Å². The van der Waals surface area contributed by atoms with Crippen LogP contribution in [0.3, 0.4) is 0 Å². The first-order valence-electron chi connectivity index (χ1n) is 7.11. The normalized spacial score (nSPS) is 10.7. The number of carbonyl (C=O) groups excluding carboxylic acids is 1. The molecule has 1 aromatic carbocycles. The number of nitrogens with one attached hydrogen (secondary N) is 1. The molecule has 2 aromatic rings. The lowest BCUT2D eigenvalue weighted by molar-refractivity contribution is -0.116. The summed E-state index contributed by atoms with van der Waals surface area (Å²) in [6.07, 6.45) is 0.370. The van der Waals surface area contributed by atoms with Gasteiger partial charge in [-0.25, -0.2) is 4.79 Å². The average molecular weight is 317 g/mol. The molecule has 0 fully saturated rings. The van der Waals surface area contributed by atoms with E-state index in [-0.39, 0.29) is 16.7 Å². The van der Waals surface area contributed by atoms with E-state index in [1.807, 2.05) is 45.0 Å². The summed E-state index contributed by atoms with van der Waals surface area (Å²) in [7, 11) is 0. The molecule has 0 aliphatic rings. The van der Waals surface area contributed by atoms with Gasteiger partial charge in [0.15, 0.2) is 0 Å². The first-order chi connectivity index (χ1) is 10.4. The fraction of sp³-hybridized carbons (Fsp3) is 0.294. The number of rotatable bonds is 5. The van der Waals surface area contributed by atoms with E-state index in [1.54, 1.807) is 6.07 Å². The minimum atomic E-state index is -1.02. The van der Waals surface area contributed by atoms with E-state index in [1.165, 1.54) is 11.3 Å². The summed E-state index contributed by atoms with van der Waals surface area (Å²) >= 11 is 1.17. The van der Waals surface area contributed by atoms with Crippen molar-refractivity contribution in [1.29, 1.82) is 0 Å². The Morgan fingerprint density at radius 3 is 2.41 bits per heavy atom. The number of amides is 1. The molecule has 5 heteroatoms. The molecule has 2 N–H and O–H groups in total. The Balaban J connectivity index is 2.31. The second-order valence-corrected chi connectivity index (χ2v) is 6.72. The quantitative estimate of drug-likeness (QED) is 0.858. The van der Waals surface area contributed by atoms with E-state index in [9.17, 15) is 14.7 Å². The molecular weight excluding hydrogens is 298 g/mol. The number of anilines is 1. The molecule has 0 atom stereocenters. The fourth-order valence-corrected chi connectivity index (χ4v) is 3.03. The molecule has 0 saturated heterocycles. The molecule has 0 bridgehead atoms. The molecule has 0 aliphatic carbocycles. The lowest BCUT2D eigenvalue weighted by atomic mass is 10.1. The number of thiophene rings is 1. The van der Waals surface area contributed by atoms with Gasteiger partial charge in [-0.2, -0.15) is 0 Å². The summed E-state index contributed by atoms with van der Waals surface area (Å²) in [6.45, 7) is 5.89. The monoisotopic (exact) mass is 317 g/mol. The molecule has 4 nitrogen and oxygen atoms in total. The van der Waals surface area contributed by atoms with Gasteiger partial charge in [0.1, 0.15) is 4.88 Å². The van der Waals surface area contributed by atoms with Crippen LogP contribution < -0.4 is 5.32 Å². The molecule has 0 radical (unpaired) electrons. The van der Waals surface area contributed by atoms with Crippen molar-refractivity contribution in [3.8, 4) is 10.4 Å². The molecule has 2 rings (SSSR count). The van der Waals surface area contributed by atoms with E-state index in [4.69, 9.17) is 0 Å². The van der Waals surface area contributed by atoms with Crippen molar-refractivity contribution in [2.75, 3.05) is 5.32 Å². The molecule has 0 unspecified atom stereocenters. The number of carboxylic acids is 1. The van der Waals surface area contributed by atoms with Crippen LogP contribution in [0.1, 0.15) is 35.5 Å². The maximum atomic E-state index is 11.9. The van der Waals surface area contributed by atoms with Crippen molar-refractivity contribution in [2.45, 2.75) is 27.2 Å². The van der Waals surface area contributed by atoms with Crippen LogP contribution in [0.2, 0.25) is 0 Å². The minimum absolute atomic E-state index is 0.160. The third kappa shape index (κ3) is 3.95. The molecule has 1 heterocycles. The van der Waals surface area contributed by atoms with Gasteiger partial charge in [0.2, 0.25) is 5.91 Å². The van der Waals surface area contributed by atoms with Gasteiger partial charge in [0.25, 0.3) is 0 Å². The first-order valence-corrected chi connectivity index (χ1v) is 7.92. The maximum absolute atomic E-state index is 11.9. The van der Waals surface area contributed by atoms with Crippen LogP contribution in [0.25, 0.3) is 10.4 Å². The molecular formula is C17H19NO3S. The molecule has 0 saturated carbocycles. The molecule has 0 spiro atoms. The number of carboxylic acid groups (broad SMARTS) is 1. The number of hydrogen-bond donors (Lipinski definition) is 2. The SMILES string of the molecule is Cc1ccc(-c2cc(NC(=O)CC(C)C)c(C(=O)O)s2)cc1. The topological polar surface area (TPSA) is 66.4 Å². The highest BCUT2D eigenvalue weighted by molar-refractivity contribution is 7.18. The highest BCUT2D eigenvalue weighted by atomic mass is 32.1. The zero-order chi connectivity index (χ0) is 16.3. The second kappa shape index (κ2) is 6.75. The van der Waals surface area contributed by atoms with Crippen molar-refractivity contribution in [3.05, 3.63) is 40.8 Å². The zero-order valence-corrected chi connectivity index (χ0v) is 13.7. The van der Waals surface area contributed by atoms with Gasteiger partial charge in [-0.3, -0.25) is 4.79 Å². The maximum Gasteiger partial charge on any atom is 0.348 e. The number of carbonyl (C=O) groups is 2. The predicted molar refractivity (Wildman–Crippen MR) is 89.5 cm³/mol. The summed E-state index contributed by atoms with van der Waals surface area (Å²) in [5.41, 5.74) is 2.46. The lowest BCUT2D eigenvalue weighted by Gasteiger charge is -2.06. The molecule has 22 heavy (non-hydrogen) atoms.